The second-order valence-corrected chi connectivity index (χ2v) is 7.27. The fraction of sp³-hybridized carbons (Fsp3) is 0.227. The Labute approximate surface area is 177 Å². The summed E-state index contributed by atoms with van der Waals surface area (Å²) >= 11 is 1.24. The molecule has 8 heteroatoms. The maximum absolute atomic E-state index is 12.7. The Morgan fingerprint density at radius 2 is 1.63 bits per heavy atom. The number of aryl methyl sites for hydroxylation is 1. The van der Waals surface area contributed by atoms with E-state index in [1.54, 1.807) is 24.3 Å². The van der Waals surface area contributed by atoms with E-state index in [1.807, 2.05) is 6.92 Å². The average Bonchev–Trinajstić information content (AvgIpc) is 3.11. The average molecular weight is 427 g/mol. The third kappa shape index (κ3) is 3.99. The summed E-state index contributed by atoms with van der Waals surface area (Å²) in [6, 6.07) is 5.16. The smallest absolute Gasteiger partial charge is 0.348 e. The fourth-order valence-electron chi connectivity index (χ4n) is 2.96. The second kappa shape index (κ2) is 8.96. The molecule has 3 rings (SSSR count). The number of allylic oxidation sites excluding steroid dienone is 1. The van der Waals surface area contributed by atoms with E-state index in [0.29, 0.717) is 38.1 Å². The van der Waals surface area contributed by atoms with Crippen molar-refractivity contribution in [3.8, 4) is 17.2 Å². The van der Waals surface area contributed by atoms with Crippen molar-refractivity contribution >= 4 is 39.4 Å². The number of fused-ring (bicyclic) bond motifs is 1. The van der Waals surface area contributed by atoms with Crippen LogP contribution >= 0.6 is 11.3 Å². The van der Waals surface area contributed by atoms with Crippen molar-refractivity contribution in [1.82, 2.24) is 4.98 Å². The van der Waals surface area contributed by atoms with E-state index in [1.165, 1.54) is 52.0 Å². The minimum atomic E-state index is -0.413. The van der Waals surface area contributed by atoms with Crippen molar-refractivity contribution < 1.29 is 28.5 Å². The van der Waals surface area contributed by atoms with Crippen molar-refractivity contribution in [3.63, 3.8) is 0 Å². The number of aromatic nitrogens is 1. The first-order valence-corrected chi connectivity index (χ1v) is 9.75. The number of hydrogen-bond acceptors (Lipinski definition) is 8. The van der Waals surface area contributed by atoms with E-state index in [2.05, 4.69) is 4.98 Å². The Kier molecular flexibility index (Phi) is 6.37. The monoisotopic (exact) mass is 427 g/mol. The molecule has 0 saturated heterocycles. The van der Waals surface area contributed by atoms with Crippen LogP contribution in [0.3, 0.4) is 0 Å². The van der Waals surface area contributed by atoms with E-state index in [-0.39, 0.29) is 5.78 Å². The van der Waals surface area contributed by atoms with Crippen molar-refractivity contribution in [2.75, 3.05) is 28.4 Å². The van der Waals surface area contributed by atoms with Crippen LogP contribution in [0, 0.1) is 6.92 Å². The van der Waals surface area contributed by atoms with Crippen LogP contribution in [0.5, 0.6) is 17.2 Å². The Morgan fingerprint density at radius 1 is 0.967 bits per heavy atom. The molecular weight excluding hydrogens is 406 g/mol. The van der Waals surface area contributed by atoms with Gasteiger partial charge in [-0.2, -0.15) is 0 Å². The zero-order valence-electron chi connectivity index (χ0n) is 17.3. The van der Waals surface area contributed by atoms with Crippen LogP contribution in [0.15, 0.2) is 30.5 Å². The third-order valence-electron chi connectivity index (χ3n) is 4.60. The van der Waals surface area contributed by atoms with Crippen molar-refractivity contribution in [2.24, 2.45) is 0 Å². The van der Waals surface area contributed by atoms with Crippen LogP contribution in [0.25, 0.3) is 16.3 Å². The lowest BCUT2D eigenvalue weighted by Crippen LogP contribution is -1.99. The first kappa shape index (κ1) is 21.3. The van der Waals surface area contributed by atoms with Gasteiger partial charge >= 0.3 is 5.97 Å². The van der Waals surface area contributed by atoms with Crippen LogP contribution < -0.4 is 14.2 Å². The van der Waals surface area contributed by atoms with Gasteiger partial charge in [-0.3, -0.25) is 4.79 Å². The highest BCUT2D eigenvalue weighted by atomic mass is 32.1. The molecule has 0 spiro atoms. The van der Waals surface area contributed by atoms with Crippen LogP contribution in [-0.2, 0) is 4.74 Å². The number of thiophene rings is 1. The van der Waals surface area contributed by atoms with Crippen LogP contribution in [-0.4, -0.2) is 45.2 Å². The summed E-state index contributed by atoms with van der Waals surface area (Å²) in [7, 11) is 5.95. The molecule has 7 nitrogen and oxygen atoms in total. The minimum Gasteiger partial charge on any atom is -0.496 e. The zero-order valence-corrected chi connectivity index (χ0v) is 18.1. The molecule has 2 aromatic heterocycles. The molecule has 0 fully saturated rings. The highest BCUT2D eigenvalue weighted by Gasteiger charge is 2.18. The Bertz CT molecular complexity index is 1150. The predicted molar refractivity (Wildman–Crippen MR) is 115 cm³/mol. The van der Waals surface area contributed by atoms with E-state index < -0.39 is 5.97 Å². The minimum absolute atomic E-state index is 0.230. The maximum Gasteiger partial charge on any atom is 0.348 e. The van der Waals surface area contributed by atoms with Crippen LogP contribution in [0.2, 0.25) is 0 Å². The SMILES string of the molecule is COC(=O)c1sc2ncc(C(=O)C=Cc3cc(OC)c(OC)cc3OC)cc2c1C. The number of rotatable bonds is 7. The number of carbonyl (C=O) groups excluding carboxylic acids is 2. The van der Waals surface area contributed by atoms with Gasteiger partial charge in [0.05, 0.1) is 28.4 Å². The first-order valence-electron chi connectivity index (χ1n) is 8.93. The number of hydrogen-bond donors (Lipinski definition) is 0. The molecule has 3 aromatic rings. The molecule has 0 amide bonds. The number of esters is 1. The van der Waals surface area contributed by atoms with E-state index >= 15 is 0 Å². The summed E-state index contributed by atoms with van der Waals surface area (Å²) in [5.74, 6) is 0.955. The summed E-state index contributed by atoms with van der Waals surface area (Å²) < 4.78 is 20.8. The topological polar surface area (TPSA) is 84.0 Å². The standard InChI is InChI=1S/C22H21NO6S/c1-12-15-8-14(11-23-21(15)30-20(12)22(25)29-5)16(24)7-6-13-9-18(27-3)19(28-4)10-17(13)26-2/h6-11H,1-5H3. The van der Waals surface area contributed by atoms with Crippen molar-refractivity contribution in [1.29, 1.82) is 0 Å². The van der Waals surface area contributed by atoms with Crippen molar-refractivity contribution in [2.45, 2.75) is 6.92 Å². The van der Waals surface area contributed by atoms with Gasteiger partial charge in [0, 0.05) is 28.8 Å². The first-order chi connectivity index (χ1) is 14.4. The number of ether oxygens (including phenoxy) is 4. The largest absolute Gasteiger partial charge is 0.496 e. The molecule has 1 aromatic carbocycles. The normalized spacial score (nSPS) is 11.0. The predicted octanol–water partition coefficient (Wildman–Crippen LogP) is 4.31. The number of methoxy groups -OCH3 is 4. The molecular formula is C22H21NO6S. The number of nitrogens with zero attached hydrogens (tertiary/aromatic N) is 1. The second-order valence-electron chi connectivity index (χ2n) is 6.27. The summed E-state index contributed by atoms with van der Waals surface area (Å²) in [4.78, 5) is 30.1. The molecule has 0 aliphatic carbocycles. The zero-order chi connectivity index (χ0) is 21.8. The molecule has 0 aliphatic heterocycles. The Hall–Kier alpha value is -3.39. The van der Waals surface area contributed by atoms with Gasteiger partial charge in [-0.25, -0.2) is 9.78 Å². The van der Waals surface area contributed by atoms with Gasteiger partial charge in [-0.1, -0.05) is 0 Å². The van der Waals surface area contributed by atoms with E-state index in [9.17, 15) is 9.59 Å². The van der Waals surface area contributed by atoms with Crippen LogP contribution in [0.4, 0.5) is 0 Å². The van der Waals surface area contributed by atoms with Gasteiger partial charge in [0.15, 0.2) is 17.3 Å². The molecule has 0 radical (unpaired) electrons. The number of ketones is 1. The van der Waals surface area contributed by atoms with Crippen molar-refractivity contribution in [3.05, 3.63) is 52.0 Å². The molecule has 0 atom stereocenters. The maximum atomic E-state index is 12.7. The Balaban J connectivity index is 1.94. The van der Waals surface area contributed by atoms with Gasteiger partial charge in [0.25, 0.3) is 0 Å². The third-order valence-corrected chi connectivity index (χ3v) is 5.80. The molecule has 0 aliphatic rings. The van der Waals surface area contributed by atoms with Gasteiger partial charge in [0.2, 0.25) is 0 Å². The number of benzene rings is 1. The summed E-state index contributed by atoms with van der Waals surface area (Å²) in [6.07, 6.45) is 4.58. The lowest BCUT2D eigenvalue weighted by molar-refractivity contribution is 0.0605. The quantitative estimate of drug-likeness (QED) is 0.315. The summed E-state index contributed by atoms with van der Waals surface area (Å²) in [5, 5.41) is 0.753. The summed E-state index contributed by atoms with van der Waals surface area (Å²) in [6.45, 7) is 1.81. The molecule has 0 unspecified atom stereocenters. The molecule has 30 heavy (non-hydrogen) atoms. The number of carbonyl (C=O) groups is 2. The molecule has 0 bridgehead atoms. The van der Waals surface area contributed by atoms with E-state index in [4.69, 9.17) is 18.9 Å². The van der Waals surface area contributed by atoms with Gasteiger partial charge in [0.1, 0.15) is 15.5 Å². The lowest BCUT2D eigenvalue weighted by Gasteiger charge is -2.12. The molecule has 0 N–H and O–H groups in total. The van der Waals surface area contributed by atoms with E-state index in [0.717, 1.165) is 10.9 Å². The summed E-state index contributed by atoms with van der Waals surface area (Å²) in [5.41, 5.74) is 1.82. The molecule has 0 saturated carbocycles. The number of pyridine rings is 1. The molecule has 156 valence electrons. The van der Waals surface area contributed by atoms with Crippen LogP contribution in [0.1, 0.15) is 31.2 Å². The molecule has 2 heterocycles. The van der Waals surface area contributed by atoms with Gasteiger partial charge in [-0.15, -0.1) is 11.3 Å². The lowest BCUT2D eigenvalue weighted by atomic mass is 10.1. The fourth-order valence-corrected chi connectivity index (χ4v) is 4.02. The highest BCUT2D eigenvalue weighted by Crippen LogP contribution is 2.35. The Morgan fingerprint density at radius 3 is 2.27 bits per heavy atom. The van der Waals surface area contributed by atoms with Gasteiger partial charge < -0.3 is 18.9 Å². The highest BCUT2D eigenvalue weighted by molar-refractivity contribution is 7.20. The van der Waals surface area contributed by atoms with Gasteiger partial charge in [-0.05, 0) is 36.8 Å².